The zero-order chi connectivity index (χ0) is 18.6. The summed E-state index contributed by atoms with van der Waals surface area (Å²) in [6, 6.07) is 1.32. The fourth-order valence-corrected chi connectivity index (χ4v) is 4.51. The van der Waals surface area contributed by atoms with E-state index in [2.05, 4.69) is 9.97 Å². The van der Waals surface area contributed by atoms with Crippen molar-refractivity contribution in [1.29, 1.82) is 0 Å². The first-order valence-electron chi connectivity index (χ1n) is 7.72. The molecule has 5 nitrogen and oxygen atoms in total. The highest BCUT2D eigenvalue weighted by molar-refractivity contribution is 7.90. The van der Waals surface area contributed by atoms with E-state index in [4.69, 9.17) is 11.6 Å². The first kappa shape index (κ1) is 20.1. The summed E-state index contributed by atoms with van der Waals surface area (Å²) in [5.74, 6) is -0.719. The molecular weight excluding hydrogens is 385 g/mol. The molecule has 9 heteroatoms. The van der Waals surface area contributed by atoms with Crippen molar-refractivity contribution < 1.29 is 13.7 Å². The van der Waals surface area contributed by atoms with Gasteiger partial charge in [-0.15, -0.1) is 0 Å². The Balaban J connectivity index is 2.34. The smallest absolute Gasteiger partial charge is 0.235 e. The topological polar surface area (TPSA) is 69.2 Å². The quantitative estimate of drug-likeness (QED) is 0.660. The average molecular weight is 404 g/mol. The highest BCUT2D eigenvalue weighted by Crippen LogP contribution is 2.38. The summed E-state index contributed by atoms with van der Waals surface area (Å²) < 4.78 is 24.8. The summed E-state index contributed by atoms with van der Waals surface area (Å²) in [5.41, 5.74) is 0.504. The number of carbonyl (C=O) groups is 1. The highest BCUT2D eigenvalue weighted by atomic mass is 35.5. The molecule has 2 heterocycles. The maximum atomic E-state index is 13.4. The van der Waals surface area contributed by atoms with Crippen molar-refractivity contribution in [3.05, 3.63) is 29.4 Å². The van der Waals surface area contributed by atoms with Gasteiger partial charge < -0.3 is 9.45 Å². The minimum atomic E-state index is -1.07. The Morgan fingerprint density at radius 1 is 1.52 bits per heavy atom. The standard InChI is InChI=1S/C16H19ClFN3O2S2/c1-4-5-21(15(22)10(2)9-25(3)23)16-13(17)20-14(24-16)11-6-12(18)8-19-7-11/h6-8,10H,4-5,9H2,1-3H3. The van der Waals surface area contributed by atoms with E-state index in [0.29, 0.717) is 22.1 Å². The number of hydrogen-bond acceptors (Lipinski definition) is 5. The molecular formula is C16H19ClFN3O2S2. The Morgan fingerprint density at radius 3 is 2.84 bits per heavy atom. The minimum absolute atomic E-state index is 0.147. The molecule has 0 fully saturated rings. The fraction of sp³-hybridized carbons (Fsp3) is 0.438. The second-order valence-corrected chi connectivity index (χ2v) is 8.45. The molecule has 2 unspecified atom stereocenters. The zero-order valence-electron chi connectivity index (χ0n) is 14.2. The van der Waals surface area contributed by atoms with Crippen LogP contribution in [0.5, 0.6) is 0 Å². The summed E-state index contributed by atoms with van der Waals surface area (Å²) in [6.45, 7) is 4.18. The number of thiazole rings is 1. The molecule has 2 aromatic rings. The molecule has 1 amide bonds. The third-order valence-corrected chi connectivity index (χ3v) is 5.86. The van der Waals surface area contributed by atoms with E-state index >= 15 is 0 Å². The van der Waals surface area contributed by atoms with Gasteiger partial charge in [0.2, 0.25) is 5.91 Å². The number of amides is 1. The van der Waals surface area contributed by atoms with Crippen LogP contribution in [-0.4, -0.2) is 39.0 Å². The van der Waals surface area contributed by atoms with E-state index in [9.17, 15) is 13.7 Å². The largest absolute Gasteiger partial charge is 0.617 e. The maximum absolute atomic E-state index is 13.4. The minimum Gasteiger partial charge on any atom is -0.617 e. The Bertz CT molecular complexity index is 742. The van der Waals surface area contributed by atoms with Crippen LogP contribution in [0.2, 0.25) is 5.15 Å². The van der Waals surface area contributed by atoms with Crippen molar-refractivity contribution in [1.82, 2.24) is 9.97 Å². The number of pyridine rings is 1. The average Bonchev–Trinajstić information content (AvgIpc) is 2.93. The molecule has 0 N–H and O–H groups in total. The van der Waals surface area contributed by atoms with Crippen molar-refractivity contribution in [2.75, 3.05) is 23.5 Å². The van der Waals surface area contributed by atoms with Crippen molar-refractivity contribution in [3.8, 4) is 10.6 Å². The molecule has 0 bridgehead atoms. The number of halogens is 2. The molecule has 0 aromatic carbocycles. The molecule has 136 valence electrons. The monoisotopic (exact) mass is 403 g/mol. The molecule has 2 aromatic heterocycles. The predicted octanol–water partition coefficient (Wildman–Crippen LogP) is 3.76. The lowest BCUT2D eigenvalue weighted by Crippen LogP contribution is -2.38. The normalized spacial score (nSPS) is 13.5. The van der Waals surface area contributed by atoms with Gasteiger partial charge in [-0.05, 0) is 19.4 Å². The Labute approximate surface area is 158 Å². The van der Waals surface area contributed by atoms with E-state index in [-0.39, 0.29) is 16.8 Å². The SMILES string of the molecule is CCCN(C(=O)C(C)C[S+](C)[O-])c1sc(-c2cncc(F)c2)nc1Cl. The van der Waals surface area contributed by atoms with Crippen LogP contribution in [-0.2, 0) is 16.0 Å². The molecule has 25 heavy (non-hydrogen) atoms. The molecule has 2 rings (SSSR count). The molecule has 0 aliphatic rings. The summed E-state index contributed by atoms with van der Waals surface area (Å²) in [5, 5.41) is 1.20. The van der Waals surface area contributed by atoms with Crippen LogP contribution in [0.4, 0.5) is 9.39 Å². The van der Waals surface area contributed by atoms with Gasteiger partial charge in [-0.3, -0.25) is 9.78 Å². The van der Waals surface area contributed by atoms with Gasteiger partial charge in [0.05, 0.1) is 18.4 Å². The third kappa shape index (κ3) is 5.13. The van der Waals surface area contributed by atoms with Crippen molar-refractivity contribution in [2.45, 2.75) is 20.3 Å². The number of hydrogen-bond donors (Lipinski definition) is 0. The number of anilines is 1. The van der Waals surface area contributed by atoms with Crippen LogP contribution in [0.3, 0.4) is 0 Å². The molecule has 0 saturated carbocycles. The van der Waals surface area contributed by atoms with Gasteiger partial charge in [0, 0.05) is 18.3 Å². The molecule has 0 aliphatic carbocycles. The fourth-order valence-electron chi connectivity index (χ4n) is 2.34. The second kappa shape index (κ2) is 8.93. The molecule has 0 spiro atoms. The van der Waals surface area contributed by atoms with Crippen LogP contribution in [0.15, 0.2) is 18.5 Å². The van der Waals surface area contributed by atoms with Crippen molar-refractivity contribution in [3.63, 3.8) is 0 Å². The van der Waals surface area contributed by atoms with Gasteiger partial charge in [-0.25, -0.2) is 9.37 Å². The van der Waals surface area contributed by atoms with E-state index in [1.54, 1.807) is 18.1 Å². The molecule has 0 radical (unpaired) electrons. The predicted molar refractivity (Wildman–Crippen MR) is 101 cm³/mol. The van der Waals surface area contributed by atoms with Gasteiger partial charge in [-0.2, -0.15) is 0 Å². The summed E-state index contributed by atoms with van der Waals surface area (Å²) in [6.07, 6.45) is 4.91. The Morgan fingerprint density at radius 2 is 2.24 bits per heavy atom. The van der Waals surface area contributed by atoms with Crippen LogP contribution >= 0.6 is 22.9 Å². The molecule has 0 saturated heterocycles. The van der Waals surface area contributed by atoms with Crippen LogP contribution in [0.1, 0.15) is 20.3 Å². The van der Waals surface area contributed by atoms with Gasteiger partial charge in [0.25, 0.3) is 0 Å². The lowest BCUT2D eigenvalue weighted by molar-refractivity contribution is -0.121. The zero-order valence-corrected chi connectivity index (χ0v) is 16.6. The van der Waals surface area contributed by atoms with E-state index in [1.165, 1.54) is 23.6 Å². The van der Waals surface area contributed by atoms with E-state index < -0.39 is 22.9 Å². The lowest BCUT2D eigenvalue weighted by atomic mass is 10.2. The van der Waals surface area contributed by atoms with Crippen molar-refractivity contribution >= 4 is 45.0 Å². The van der Waals surface area contributed by atoms with Gasteiger partial charge >= 0.3 is 0 Å². The van der Waals surface area contributed by atoms with Crippen LogP contribution < -0.4 is 4.90 Å². The molecule has 2 atom stereocenters. The number of rotatable bonds is 7. The van der Waals surface area contributed by atoms with Crippen molar-refractivity contribution in [2.24, 2.45) is 5.92 Å². The second-order valence-electron chi connectivity index (χ2n) is 5.64. The third-order valence-electron chi connectivity index (χ3n) is 3.39. The maximum Gasteiger partial charge on any atom is 0.235 e. The highest BCUT2D eigenvalue weighted by Gasteiger charge is 2.28. The first-order valence-corrected chi connectivity index (χ1v) is 10.6. The number of nitrogens with zero attached hydrogens (tertiary/aromatic N) is 3. The summed E-state index contributed by atoms with van der Waals surface area (Å²) in [7, 11) is 0. The van der Waals surface area contributed by atoms with E-state index in [1.807, 2.05) is 6.92 Å². The number of carbonyl (C=O) groups excluding carboxylic acids is 1. The van der Waals surface area contributed by atoms with Crippen LogP contribution in [0.25, 0.3) is 10.6 Å². The summed E-state index contributed by atoms with van der Waals surface area (Å²) in [4.78, 5) is 22.4. The lowest BCUT2D eigenvalue weighted by Gasteiger charge is -2.24. The van der Waals surface area contributed by atoms with Gasteiger partial charge in [0.15, 0.2) is 5.15 Å². The Hall–Kier alpha value is -1.22. The summed E-state index contributed by atoms with van der Waals surface area (Å²) >= 11 is 6.40. The van der Waals surface area contributed by atoms with E-state index in [0.717, 1.165) is 12.6 Å². The van der Waals surface area contributed by atoms with Gasteiger partial charge in [0.1, 0.15) is 21.6 Å². The molecule has 0 aliphatic heterocycles. The van der Waals surface area contributed by atoms with Gasteiger partial charge in [-0.1, -0.05) is 41.0 Å². The first-order chi connectivity index (χ1) is 11.8. The van der Waals surface area contributed by atoms with Crippen LogP contribution in [0, 0.1) is 11.7 Å². The number of aromatic nitrogens is 2. The Kier molecular flexibility index (Phi) is 7.18.